The van der Waals surface area contributed by atoms with Gasteiger partial charge in [-0.3, -0.25) is 0 Å². The molecule has 4 aliphatic rings. The van der Waals surface area contributed by atoms with Gasteiger partial charge in [0.25, 0.3) is 0 Å². The van der Waals surface area contributed by atoms with E-state index in [4.69, 9.17) is 0 Å². The third-order valence-corrected chi connectivity index (χ3v) is 9.13. The highest BCUT2D eigenvalue weighted by Gasteiger charge is 2.61. The summed E-state index contributed by atoms with van der Waals surface area (Å²) in [6, 6.07) is 0. The normalized spacial score (nSPS) is 60.0. The summed E-state index contributed by atoms with van der Waals surface area (Å²) in [5, 5.41) is 10.2. The first-order valence-corrected chi connectivity index (χ1v) is 9.56. The van der Waals surface area contributed by atoms with Crippen LogP contribution in [0.15, 0.2) is 0 Å². The molecule has 0 aromatic rings. The molecule has 0 bridgehead atoms. The van der Waals surface area contributed by atoms with Gasteiger partial charge < -0.3 is 5.11 Å². The molecule has 120 valence electrons. The standard InChI is InChI=1S/C20H34O/c1-18-9-4-5-16(18)15-7-11-19(2)13-14(21)6-12-20(19,3)17(15)8-10-18/h14-17,21H,4-13H2,1-3H3/t14-,15-,16-,17-,18-,19-,20+/m0/s1. The van der Waals surface area contributed by atoms with Crippen molar-refractivity contribution in [2.24, 2.45) is 34.0 Å². The number of fused-ring (bicyclic) bond motifs is 5. The van der Waals surface area contributed by atoms with Crippen LogP contribution in [-0.4, -0.2) is 11.2 Å². The van der Waals surface area contributed by atoms with Crippen LogP contribution in [0.5, 0.6) is 0 Å². The van der Waals surface area contributed by atoms with E-state index in [-0.39, 0.29) is 6.10 Å². The molecule has 0 amide bonds. The second kappa shape index (κ2) is 4.49. The Morgan fingerprint density at radius 3 is 2.43 bits per heavy atom. The number of aliphatic hydroxyl groups excluding tert-OH is 1. The van der Waals surface area contributed by atoms with Gasteiger partial charge in [-0.15, -0.1) is 0 Å². The summed E-state index contributed by atoms with van der Waals surface area (Å²) in [6.07, 6.45) is 13.6. The SMILES string of the molecule is C[C@@]12CCC[C@H]1[C@@H]1CC[C@@]3(C)C[C@@H](O)CC[C@]3(C)[C@H]1CC2. The van der Waals surface area contributed by atoms with Crippen molar-refractivity contribution >= 4 is 0 Å². The minimum Gasteiger partial charge on any atom is -0.393 e. The Labute approximate surface area is 130 Å². The molecule has 0 unspecified atom stereocenters. The van der Waals surface area contributed by atoms with Crippen molar-refractivity contribution in [1.82, 2.24) is 0 Å². The van der Waals surface area contributed by atoms with Gasteiger partial charge in [0.2, 0.25) is 0 Å². The van der Waals surface area contributed by atoms with E-state index in [0.717, 1.165) is 30.6 Å². The molecule has 7 atom stereocenters. The topological polar surface area (TPSA) is 20.2 Å². The third kappa shape index (κ3) is 1.85. The van der Waals surface area contributed by atoms with Crippen molar-refractivity contribution < 1.29 is 5.11 Å². The molecular weight excluding hydrogens is 256 g/mol. The molecule has 0 aromatic heterocycles. The first kappa shape index (κ1) is 14.5. The number of aliphatic hydroxyl groups is 1. The van der Waals surface area contributed by atoms with Crippen LogP contribution in [0.25, 0.3) is 0 Å². The van der Waals surface area contributed by atoms with Crippen molar-refractivity contribution in [3.8, 4) is 0 Å². The fraction of sp³-hybridized carbons (Fsp3) is 1.00. The summed E-state index contributed by atoms with van der Waals surface area (Å²) in [5.41, 5.74) is 1.58. The van der Waals surface area contributed by atoms with E-state index in [9.17, 15) is 5.11 Å². The van der Waals surface area contributed by atoms with Crippen LogP contribution >= 0.6 is 0 Å². The van der Waals surface area contributed by atoms with Crippen LogP contribution in [0, 0.1) is 34.0 Å². The van der Waals surface area contributed by atoms with Crippen LogP contribution in [0.2, 0.25) is 0 Å². The van der Waals surface area contributed by atoms with Crippen LogP contribution in [0.4, 0.5) is 0 Å². The lowest BCUT2D eigenvalue weighted by molar-refractivity contribution is -0.166. The minimum atomic E-state index is -0.0278. The first-order valence-electron chi connectivity index (χ1n) is 9.56. The van der Waals surface area contributed by atoms with E-state index in [1.54, 1.807) is 0 Å². The van der Waals surface area contributed by atoms with Crippen molar-refractivity contribution in [2.45, 2.75) is 91.1 Å². The van der Waals surface area contributed by atoms with Gasteiger partial charge in [0.05, 0.1) is 6.10 Å². The number of rotatable bonds is 0. The van der Waals surface area contributed by atoms with E-state index in [1.165, 1.54) is 51.4 Å². The van der Waals surface area contributed by atoms with Crippen molar-refractivity contribution in [3.63, 3.8) is 0 Å². The summed E-state index contributed by atoms with van der Waals surface area (Å²) in [6.45, 7) is 7.71. The molecule has 4 fully saturated rings. The Morgan fingerprint density at radius 2 is 1.62 bits per heavy atom. The molecule has 1 heteroatoms. The molecule has 0 aliphatic heterocycles. The second-order valence-electron chi connectivity index (χ2n) is 9.88. The highest BCUT2D eigenvalue weighted by atomic mass is 16.3. The van der Waals surface area contributed by atoms with E-state index in [2.05, 4.69) is 20.8 Å². The average molecular weight is 290 g/mol. The number of hydrogen-bond donors (Lipinski definition) is 1. The quantitative estimate of drug-likeness (QED) is 0.652. The molecule has 21 heavy (non-hydrogen) atoms. The Balaban J connectivity index is 1.67. The fourth-order valence-corrected chi connectivity index (χ4v) is 7.60. The first-order chi connectivity index (χ1) is 9.88. The van der Waals surface area contributed by atoms with Crippen molar-refractivity contribution in [3.05, 3.63) is 0 Å². The van der Waals surface area contributed by atoms with Crippen LogP contribution in [0.1, 0.15) is 85.0 Å². The minimum absolute atomic E-state index is 0.0278. The second-order valence-corrected chi connectivity index (χ2v) is 9.88. The zero-order valence-corrected chi connectivity index (χ0v) is 14.3. The summed E-state index contributed by atoms with van der Waals surface area (Å²) in [4.78, 5) is 0. The van der Waals surface area contributed by atoms with Gasteiger partial charge >= 0.3 is 0 Å². The van der Waals surface area contributed by atoms with Gasteiger partial charge in [0.1, 0.15) is 0 Å². The maximum atomic E-state index is 10.2. The molecule has 0 radical (unpaired) electrons. The van der Waals surface area contributed by atoms with Crippen LogP contribution in [-0.2, 0) is 0 Å². The lowest BCUT2D eigenvalue weighted by atomic mass is 9.40. The zero-order chi connectivity index (χ0) is 14.9. The molecule has 4 saturated carbocycles. The summed E-state index contributed by atoms with van der Waals surface area (Å²) in [5.74, 6) is 2.96. The van der Waals surface area contributed by atoms with E-state index >= 15 is 0 Å². The van der Waals surface area contributed by atoms with Crippen molar-refractivity contribution in [2.75, 3.05) is 0 Å². The largest absolute Gasteiger partial charge is 0.393 e. The predicted octanol–water partition coefficient (Wildman–Crippen LogP) is 5.17. The Hall–Kier alpha value is -0.0400. The Kier molecular flexibility index (Phi) is 3.11. The lowest BCUT2D eigenvalue weighted by Crippen LogP contribution is -2.57. The lowest BCUT2D eigenvalue weighted by Gasteiger charge is -2.64. The molecular formula is C20H34O. The predicted molar refractivity (Wildman–Crippen MR) is 87.0 cm³/mol. The van der Waals surface area contributed by atoms with Gasteiger partial charge in [-0.1, -0.05) is 27.2 Å². The maximum Gasteiger partial charge on any atom is 0.0545 e. The highest BCUT2D eigenvalue weighted by molar-refractivity contribution is 5.11. The van der Waals surface area contributed by atoms with E-state index < -0.39 is 0 Å². The fourth-order valence-electron chi connectivity index (χ4n) is 7.60. The van der Waals surface area contributed by atoms with Crippen LogP contribution < -0.4 is 0 Å². The van der Waals surface area contributed by atoms with Crippen molar-refractivity contribution in [1.29, 1.82) is 0 Å². The van der Waals surface area contributed by atoms with Gasteiger partial charge in [0.15, 0.2) is 0 Å². The maximum absolute atomic E-state index is 10.2. The molecule has 4 rings (SSSR count). The molecule has 0 saturated heterocycles. The molecule has 1 N–H and O–H groups in total. The summed E-state index contributed by atoms with van der Waals surface area (Å²) >= 11 is 0. The van der Waals surface area contributed by atoms with E-state index in [1.807, 2.05) is 0 Å². The van der Waals surface area contributed by atoms with E-state index in [0.29, 0.717) is 16.2 Å². The Bertz CT molecular complexity index is 432. The number of hydrogen-bond acceptors (Lipinski definition) is 1. The molecule has 0 aromatic carbocycles. The zero-order valence-electron chi connectivity index (χ0n) is 14.3. The summed E-state index contributed by atoms with van der Waals surface area (Å²) in [7, 11) is 0. The highest BCUT2D eigenvalue weighted by Crippen LogP contribution is 2.69. The smallest absolute Gasteiger partial charge is 0.0545 e. The van der Waals surface area contributed by atoms with Gasteiger partial charge in [-0.2, -0.15) is 0 Å². The third-order valence-electron chi connectivity index (χ3n) is 9.13. The van der Waals surface area contributed by atoms with Gasteiger partial charge in [0, 0.05) is 0 Å². The van der Waals surface area contributed by atoms with Crippen LogP contribution in [0.3, 0.4) is 0 Å². The monoisotopic (exact) mass is 290 g/mol. The van der Waals surface area contributed by atoms with Gasteiger partial charge in [-0.05, 0) is 91.8 Å². The molecule has 1 nitrogen and oxygen atoms in total. The molecule has 0 spiro atoms. The summed E-state index contributed by atoms with van der Waals surface area (Å²) < 4.78 is 0. The molecule has 0 heterocycles. The Morgan fingerprint density at radius 1 is 0.810 bits per heavy atom. The molecule has 4 aliphatic carbocycles. The average Bonchev–Trinajstić information content (AvgIpc) is 2.82. The van der Waals surface area contributed by atoms with Gasteiger partial charge in [-0.25, -0.2) is 0 Å².